The van der Waals surface area contributed by atoms with E-state index < -0.39 is 0 Å². The van der Waals surface area contributed by atoms with Crippen molar-refractivity contribution in [2.24, 2.45) is 0 Å². The zero-order valence-electron chi connectivity index (χ0n) is 6.23. The predicted octanol–water partition coefficient (Wildman–Crippen LogP) is 2.03. The Balaban J connectivity index is 1.85. The van der Waals surface area contributed by atoms with Gasteiger partial charge < -0.3 is 10.3 Å². The second kappa shape index (κ2) is 2.99. The molecule has 3 heteroatoms. The molecule has 0 radical (unpaired) electrons. The summed E-state index contributed by atoms with van der Waals surface area (Å²) in [5.41, 5.74) is 1.25. The van der Waals surface area contributed by atoms with Crippen molar-refractivity contribution in [3.8, 4) is 0 Å². The van der Waals surface area contributed by atoms with Crippen molar-refractivity contribution in [2.75, 3.05) is 0 Å². The minimum Gasteiger partial charge on any atom is -0.363 e. The van der Waals surface area contributed by atoms with Gasteiger partial charge in [-0.05, 0) is 34.8 Å². The number of hydrogen-bond acceptors (Lipinski definition) is 1. The Bertz CT molecular complexity index is 240. The van der Waals surface area contributed by atoms with Crippen LogP contribution in [0.5, 0.6) is 0 Å². The first-order chi connectivity index (χ1) is 5.34. The summed E-state index contributed by atoms with van der Waals surface area (Å²) < 4.78 is 1.13. The van der Waals surface area contributed by atoms with Crippen LogP contribution in [0, 0.1) is 0 Å². The summed E-state index contributed by atoms with van der Waals surface area (Å²) >= 11 is 3.40. The molecule has 0 saturated heterocycles. The van der Waals surface area contributed by atoms with Gasteiger partial charge in [-0.3, -0.25) is 0 Å². The predicted molar refractivity (Wildman–Crippen MR) is 48.4 cm³/mol. The van der Waals surface area contributed by atoms with Gasteiger partial charge in [0.05, 0.1) is 0 Å². The van der Waals surface area contributed by atoms with E-state index in [1.807, 2.05) is 6.20 Å². The Morgan fingerprint density at radius 2 is 2.45 bits per heavy atom. The normalized spacial score (nSPS) is 17.2. The van der Waals surface area contributed by atoms with Crippen LogP contribution in [0.3, 0.4) is 0 Å². The van der Waals surface area contributed by atoms with Crippen molar-refractivity contribution in [3.63, 3.8) is 0 Å². The van der Waals surface area contributed by atoms with Gasteiger partial charge in [0.15, 0.2) is 0 Å². The lowest BCUT2D eigenvalue weighted by molar-refractivity contribution is 0.677. The number of aromatic amines is 1. The minimum atomic E-state index is 0.789. The molecule has 0 unspecified atom stereocenters. The van der Waals surface area contributed by atoms with E-state index in [-0.39, 0.29) is 0 Å². The third-order valence-corrected chi connectivity index (χ3v) is 2.32. The van der Waals surface area contributed by atoms with Gasteiger partial charge in [-0.1, -0.05) is 0 Å². The molecule has 1 saturated carbocycles. The first-order valence-corrected chi connectivity index (χ1v) is 4.70. The first kappa shape index (κ1) is 7.37. The summed E-state index contributed by atoms with van der Waals surface area (Å²) in [6.45, 7) is 0.969. The van der Waals surface area contributed by atoms with Crippen LogP contribution in [0.1, 0.15) is 18.5 Å². The molecule has 1 aromatic heterocycles. The molecule has 1 aliphatic carbocycles. The van der Waals surface area contributed by atoms with E-state index >= 15 is 0 Å². The van der Waals surface area contributed by atoms with Crippen LogP contribution in [0.25, 0.3) is 0 Å². The third-order valence-electron chi connectivity index (χ3n) is 1.87. The Morgan fingerprint density at radius 3 is 3.00 bits per heavy atom. The van der Waals surface area contributed by atoms with E-state index in [4.69, 9.17) is 0 Å². The van der Waals surface area contributed by atoms with E-state index in [0.29, 0.717) is 0 Å². The number of rotatable bonds is 3. The Kier molecular flexibility index (Phi) is 2.00. The van der Waals surface area contributed by atoms with Crippen molar-refractivity contribution in [3.05, 3.63) is 22.4 Å². The summed E-state index contributed by atoms with van der Waals surface area (Å²) in [5, 5.41) is 3.43. The maximum absolute atomic E-state index is 3.43. The van der Waals surface area contributed by atoms with Gasteiger partial charge >= 0.3 is 0 Å². The van der Waals surface area contributed by atoms with Crippen molar-refractivity contribution < 1.29 is 0 Å². The van der Waals surface area contributed by atoms with E-state index in [9.17, 15) is 0 Å². The Hall–Kier alpha value is -0.280. The van der Waals surface area contributed by atoms with Gasteiger partial charge in [-0.2, -0.15) is 0 Å². The quantitative estimate of drug-likeness (QED) is 0.793. The molecule has 0 atom stereocenters. The second-order valence-electron chi connectivity index (χ2n) is 3.00. The lowest BCUT2D eigenvalue weighted by atomic mass is 10.4. The maximum Gasteiger partial charge on any atom is 0.0360 e. The molecule has 0 bridgehead atoms. The lowest BCUT2D eigenvalue weighted by Gasteiger charge is -1.97. The molecule has 1 aromatic rings. The third kappa shape index (κ3) is 2.07. The molecule has 11 heavy (non-hydrogen) atoms. The number of hydrogen-bond donors (Lipinski definition) is 2. The Morgan fingerprint density at radius 1 is 1.64 bits per heavy atom. The van der Waals surface area contributed by atoms with Crippen LogP contribution < -0.4 is 5.32 Å². The summed E-state index contributed by atoms with van der Waals surface area (Å²) in [4.78, 5) is 3.18. The lowest BCUT2D eigenvalue weighted by Crippen LogP contribution is -2.15. The van der Waals surface area contributed by atoms with Gasteiger partial charge in [0.2, 0.25) is 0 Å². The molecular weight excluding hydrogens is 204 g/mol. The minimum absolute atomic E-state index is 0.789. The molecule has 1 heterocycles. The second-order valence-corrected chi connectivity index (χ2v) is 3.91. The van der Waals surface area contributed by atoms with Gasteiger partial charge in [-0.25, -0.2) is 0 Å². The largest absolute Gasteiger partial charge is 0.363 e. The number of nitrogens with one attached hydrogen (secondary N) is 2. The van der Waals surface area contributed by atoms with Crippen molar-refractivity contribution in [2.45, 2.75) is 25.4 Å². The SMILES string of the molecule is Brc1c[nH]c(CNC2CC2)c1. The topological polar surface area (TPSA) is 27.8 Å². The molecule has 2 rings (SSSR count). The van der Waals surface area contributed by atoms with E-state index in [0.717, 1.165) is 17.1 Å². The summed E-state index contributed by atoms with van der Waals surface area (Å²) in [6.07, 6.45) is 4.66. The average Bonchev–Trinajstić information content (AvgIpc) is 2.72. The zero-order chi connectivity index (χ0) is 7.68. The molecule has 60 valence electrons. The molecule has 2 N–H and O–H groups in total. The monoisotopic (exact) mass is 214 g/mol. The summed E-state index contributed by atoms with van der Waals surface area (Å²) in [5.74, 6) is 0. The Labute approximate surface area is 74.5 Å². The average molecular weight is 215 g/mol. The van der Waals surface area contributed by atoms with Crippen molar-refractivity contribution >= 4 is 15.9 Å². The molecular formula is C8H11BrN2. The van der Waals surface area contributed by atoms with Gasteiger partial charge in [0, 0.05) is 29.0 Å². The summed E-state index contributed by atoms with van der Waals surface area (Å²) in [6, 6.07) is 2.90. The number of aromatic nitrogens is 1. The van der Waals surface area contributed by atoms with Crippen molar-refractivity contribution in [1.29, 1.82) is 0 Å². The number of halogens is 1. The highest BCUT2D eigenvalue weighted by atomic mass is 79.9. The highest BCUT2D eigenvalue weighted by Crippen LogP contribution is 2.19. The molecule has 0 aliphatic heterocycles. The first-order valence-electron chi connectivity index (χ1n) is 3.91. The van der Waals surface area contributed by atoms with Crippen LogP contribution in [-0.2, 0) is 6.54 Å². The smallest absolute Gasteiger partial charge is 0.0360 e. The molecule has 1 fully saturated rings. The van der Waals surface area contributed by atoms with Crippen LogP contribution in [0.15, 0.2) is 16.7 Å². The molecule has 1 aliphatic rings. The standard InChI is InChI=1S/C8H11BrN2/c9-6-3-8(10-4-6)5-11-7-1-2-7/h3-4,7,10-11H,1-2,5H2. The fourth-order valence-corrected chi connectivity index (χ4v) is 1.45. The maximum atomic E-state index is 3.43. The molecule has 0 aromatic carbocycles. The molecule has 2 nitrogen and oxygen atoms in total. The zero-order valence-corrected chi connectivity index (χ0v) is 7.82. The van der Waals surface area contributed by atoms with Crippen LogP contribution in [0.2, 0.25) is 0 Å². The summed E-state index contributed by atoms with van der Waals surface area (Å²) in [7, 11) is 0. The number of H-pyrrole nitrogens is 1. The van der Waals surface area contributed by atoms with Gasteiger partial charge in [0.25, 0.3) is 0 Å². The van der Waals surface area contributed by atoms with Crippen LogP contribution >= 0.6 is 15.9 Å². The van der Waals surface area contributed by atoms with E-state index in [1.54, 1.807) is 0 Å². The fraction of sp³-hybridized carbons (Fsp3) is 0.500. The van der Waals surface area contributed by atoms with Gasteiger partial charge in [0.1, 0.15) is 0 Å². The highest BCUT2D eigenvalue weighted by molar-refractivity contribution is 9.10. The van der Waals surface area contributed by atoms with E-state index in [2.05, 4.69) is 32.3 Å². The van der Waals surface area contributed by atoms with Crippen LogP contribution in [0.4, 0.5) is 0 Å². The van der Waals surface area contributed by atoms with Gasteiger partial charge in [-0.15, -0.1) is 0 Å². The molecule has 0 amide bonds. The highest BCUT2D eigenvalue weighted by Gasteiger charge is 2.19. The van der Waals surface area contributed by atoms with Crippen LogP contribution in [-0.4, -0.2) is 11.0 Å². The van der Waals surface area contributed by atoms with E-state index in [1.165, 1.54) is 18.5 Å². The molecule has 0 spiro atoms. The fourth-order valence-electron chi connectivity index (χ4n) is 1.06. The van der Waals surface area contributed by atoms with Crippen molar-refractivity contribution in [1.82, 2.24) is 10.3 Å².